The predicted molar refractivity (Wildman–Crippen MR) is 75.4 cm³/mol. The lowest BCUT2D eigenvalue weighted by molar-refractivity contribution is 0.122. The number of nitrogens with two attached hydrogens (primary N) is 1. The van der Waals surface area contributed by atoms with Gasteiger partial charge >= 0.3 is 0 Å². The molecule has 0 saturated carbocycles. The van der Waals surface area contributed by atoms with E-state index in [9.17, 15) is 12.8 Å². The van der Waals surface area contributed by atoms with Gasteiger partial charge in [-0.05, 0) is 32.3 Å². The van der Waals surface area contributed by atoms with Crippen LogP contribution in [-0.4, -0.2) is 53.7 Å². The zero-order valence-corrected chi connectivity index (χ0v) is 12.4. The van der Waals surface area contributed by atoms with Crippen LogP contribution in [0.5, 0.6) is 0 Å². The Morgan fingerprint density at radius 1 is 1.35 bits per heavy atom. The SMILES string of the molecule is CN(C)CCOCCNS(=O)(=O)c1ccc(N)c(F)c1. The van der Waals surface area contributed by atoms with Crippen molar-refractivity contribution in [3.05, 3.63) is 24.0 Å². The number of likely N-dealkylation sites (N-methyl/N-ethyl adjacent to an activating group) is 1. The summed E-state index contributed by atoms with van der Waals surface area (Å²) in [7, 11) is 0.0977. The van der Waals surface area contributed by atoms with Gasteiger partial charge in [0.25, 0.3) is 0 Å². The minimum atomic E-state index is -3.74. The van der Waals surface area contributed by atoms with E-state index < -0.39 is 15.8 Å². The Morgan fingerprint density at radius 2 is 2.05 bits per heavy atom. The van der Waals surface area contributed by atoms with Crippen molar-refractivity contribution in [2.45, 2.75) is 4.90 Å². The molecule has 0 atom stereocenters. The number of rotatable bonds is 8. The first-order valence-electron chi connectivity index (χ1n) is 6.10. The van der Waals surface area contributed by atoms with Gasteiger partial charge in [0.1, 0.15) is 5.82 Å². The van der Waals surface area contributed by atoms with Crippen LogP contribution in [0.25, 0.3) is 0 Å². The molecule has 1 aromatic carbocycles. The molecule has 0 heterocycles. The van der Waals surface area contributed by atoms with Gasteiger partial charge < -0.3 is 15.4 Å². The minimum absolute atomic E-state index is 0.0871. The van der Waals surface area contributed by atoms with Crippen LogP contribution < -0.4 is 10.5 Å². The summed E-state index contributed by atoms with van der Waals surface area (Å²) < 4.78 is 44.5. The molecule has 0 amide bonds. The lowest BCUT2D eigenvalue weighted by Crippen LogP contribution is -2.28. The number of hydrogen-bond donors (Lipinski definition) is 2. The van der Waals surface area contributed by atoms with Crippen LogP contribution in [0, 0.1) is 5.82 Å². The van der Waals surface area contributed by atoms with E-state index in [1.54, 1.807) is 0 Å². The highest BCUT2D eigenvalue weighted by molar-refractivity contribution is 7.89. The van der Waals surface area contributed by atoms with Crippen molar-refractivity contribution in [2.75, 3.05) is 46.1 Å². The molecule has 0 aromatic heterocycles. The molecule has 0 saturated heterocycles. The Hall–Kier alpha value is -1.22. The quantitative estimate of drug-likeness (QED) is 0.532. The van der Waals surface area contributed by atoms with Gasteiger partial charge in [-0.1, -0.05) is 0 Å². The molecule has 0 fully saturated rings. The maximum Gasteiger partial charge on any atom is 0.240 e. The summed E-state index contributed by atoms with van der Waals surface area (Å²) in [5, 5.41) is 0. The minimum Gasteiger partial charge on any atom is -0.396 e. The van der Waals surface area contributed by atoms with Crippen LogP contribution in [0.2, 0.25) is 0 Å². The lowest BCUT2D eigenvalue weighted by atomic mass is 10.3. The monoisotopic (exact) mass is 305 g/mol. The van der Waals surface area contributed by atoms with Crippen LogP contribution in [0.4, 0.5) is 10.1 Å². The summed E-state index contributed by atoms with van der Waals surface area (Å²) in [6.07, 6.45) is 0. The molecule has 3 N–H and O–H groups in total. The molecule has 0 spiro atoms. The fourth-order valence-electron chi connectivity index (χ4n) is 1.36. The van der Waals surface area contributed by atoms with Gasteiger partial charge in [-0.2, -0.15) is 0 Å². The van der Waals surface area contributed by atoms with Crippen LogP contribution >= 0.6 is 0 Å². The van der Waals surface area contributed by atoms with Crippen molar-refractivity contribution in [3.8, 4) is 0 Å². The zero-order valence-electron chi connectivity index (χ0n) is 11.6. The molecule has 114 valence electrons. The molecular weight excluding hydrogens is 285 g/mol. The lowest BCUT2D eigenvalue weighted by Gasteiger charge is -2.10. The van der Waals surface area contributed by atoms with Gasteiger partial charge in [0, 0.05) is 13.1 Å². The van der Waals surface area contributed by atoms with Crippen LogP contribution in [0.15, 0.2) is 23.1 Å². The van der Waals surface area contributed by atoms with Gasteiger partial charge in [-0.3, -0.25) is 0 Å². The van der Waals surface area contributed by atoms with Crippen molar-refractivity contribution in [2.24, 2.45) is 0 Å². The first-order valence-corrected chi connectivity index (χ1v) is 7.58. The summed E-state index contributed by atoms with van der Waals surface area (Å²) in [6, 6.07) is 3.37. The van der Waals surface area contributed by atoms with E-state index in [0.29, 0.717) is 6.61 Å². The third-order valence-corrected chi connectivity index (χ3v) is 3.96. The number of sulfonamides is 1. The topological polar surface area (TPSA) is 84.7 Å². The molecule has 1 rings (SSSR count). The van der Waals surface area contributed by atoms with E-state index in [4.69, 9.17) is 10.5 Å². The highest BCUT2D eigenvalue weighted by atomic mass is 32.2. The first-order chi connectivity index (χ1) is 9.33. The number of nitrogens with one attached hydrogen (secondary N) is 1. The Balaban J connectivity index is 2.43. The summed E-state index contributed by atoms with van der Waals surface area (Å²) >= 11 is 0. The summed E-state index contributed by atoms with van der Waals surface area (Å²) in [4.78, 5) is 1.80. The number of halogens is 1. The van der Waals surface area contributed by atoms with Crippen LogP contribution in [-0.2, 0) is 14.8 Å². The standard InChI is InChI=1S/C12H20FN3O3S/c1-16(2)6-8-19-7-5-15-20(17,18)10-3-4-12(14)11(13)9-10/h3-4,9,15H,5-8,14H2,1-2H3. The first kappa shape index (κ1) is 16.8. The Morgan fingerprint density at radius 3 is 2.65 bits per heavy atom. The second-order valence-corrected chi connectivity index (χ2v) is 6.26. The number of benzene rings is 1. The van der Waals surface area contributed by atoms with E-state index in [-0.39, 0.29) is 23.7 Å². The average molecular weight is 305 g/mol. The molecule has 20 heavy (non-hydrogen) atoms. The summed E-state index contributed by atoms with van der Waals surface area (Å²) in [5.74, 6) is -0.755. The Labute approximate surface area is 118 Å². The van der Waals surface area contributed by atoms with Crippen molar-refractivity contribution in [1.82, 2.24) is 9.62 Å². The molecule has 8 heteroatoms. The molecule has 0 aliphatic heterocycles. The third-order valence-electron chi connectivity index (χ3n) is 2.50. The summed E-state index contributed by atoms with van der Waals surface area (Å²) in [6.45, 7) is 1.66. The van der Waals surface area contributed by atoms with E-state index in [0.717, 1.165) is 12.6 Å². The zero-order chi connectivity index (χ0) is 15.2. The number of ether oxygens (including phenoxy) is 1. The molecular formula is C12H20FN3O3S. The largest absolute Gasteiger partial charge is 0.396 e. The van der Waals surface area contributed by atoms with Crippen molar-refractivity contribution in [1.29, 1.82) is 0 Å². The highest BCUT2D eigenvalue weighted by Gasteiger charge is 2.14. The molecule has 0 aliphatic carbocycles. The van der Waals surface area contributed by atoms with E-state index >= 15 is 0 Å². The second-order valence-electron chi connectivity index (χ2n) is 4.50. The normalized spacial score (nSPS) is 12.0. The number of nitrogen functional groups attached to an aromatic ring is 1. The number of nitrogens with zero attached hydrogens (tertiary/aromatic N) is 1. The van der Waals surface area contributed by atoms with Gasteiger partial charge in [-0.25, -0.2) is 17.5 Å². The molecule has 1 aromatic rings. The molecule has 6 nitrogen and oxygen atoms in total. The fraction of sp³-hybridized carbons (Fsp3) is 0.500. The Kier molecular flexibility index (Phi) is 6.34. The predicted octanol–water partition coefficient (Wildman–Crippen LogP) is 0.264. The Bertz CT molecular complexity index is 535. The number of hydrogen-bond acceptors (Lipinski definition) is 5. The molecule has 0 unspecified atom stereocenters. The van der Waals surface area contributed by atoms with E-state index in [1.807, 2.05) is 19.0 Å². The smallest absolute Gasteiger partial charge is 0.240 e. The van der Waals surface area contributed by atoms with Crippen molar-refractivity contribution < 1.29 is 17.5 Å². The number of anilines is 1. The third kappa shape index (κ3) is 5.41. The average Bonchev–Trinajstić information content (AvgIpc) is 2.36. The van der Waals surface area contributed by atoms with E-state index in [2.05, 4.69) is 4.72 Å². The molecule has 0 bridgehead atoms. The fourth-order valence-corrected chi connectivity index (χ4v) is 2.38. The van der Waals surface area contributed by atoms with Gasteiger partial charge in [0.05, 0.1) is 23.8 Å². The summed E-state index contributed by atoms with van der Waals surface area (Å²) in [5.41, 5.74) is 5.21. The second kappa shape index (κ2) is 7.53. The molecule has 0 radical (unpaired) electrons. The van der Waals surface area contributed by atoms with Gasteiger partial charge in [0.2, 0.25) is 10.0 Å². The van der Waals surface area contributed by atoms with E-state index in [1.165, 1.54) is 12.1 Å². The maximum absolute atomic E-state index is 13.2. The van der Waals surface area contributed by atoms with Gasteiger partial charge in [0.15, 0.2) is 0 Å². The van der Waals surface area contributed by atoms with Crippen molar-refractivity contribution in [3.63, 3.8) is 0 Å². The maximum atomic E-state index is 13.2. The molecule has 0 aliphatic rings. The van der Waals surface area contributed by atoms with Crippen molar-refractivity contribution >= 4 is 15.7 Å². The van der Waals surface area contributed by atoms with Crippen LogP contribution in [0.1, 0.15) is 0 Å². The van der Waals surface area contributed by atoms with Crippen LogP contribution in [0.3, 0.4) is 0 Å². The van der Waals surface area contributed by atoms with Gasteiger partial charge in [-0.15, -0.1) is 0 Å². The highest BCUT2D eigenvalue weighted by Crippen LogP contribution is 2.15.